The smallest absolute Gasteiger partial charge is 0.142 e. The van der Waals surface area contributed by atoms with Crippen LogP contribution in [0.5, 0.6) is 5.75 Å². The Kier molecular flexibility index (Phi) is 3.91. The highest BCUT2D eigenvalue weighted by Gasteiger charge is 2.21. The molecule has 0 radical (unpaired) electrons. The van der Waals surface area contributed by atoms with Gasteiger partial charge in [0.1, 0.15) is 5.75 Å². The third-order valence-corrected chi connectivity index (χ3v) is 4.54. The molecule has 0 spiro atoms. The lowest BCUT2D eigenvalue weighted by Crippen LogP contribution is -2.46. The maximum atomic E-state index is 5.49. The molecule has 0 atom stereocenters. The van der Waals surface area contributed by atoms with E-state index >= 15 is 0 Å². The highest BCUT2D eigenvalue weighted by Crippen LogP contribution is 2.30. The number of fused-ring (bicyclic) bond motifs is 1. The zero-order chi connectivity index (χ0) is 16.4. The fourth-order valence-electron chi connectivity index (χ4n) is 3.30. The predicted octanol–water partition coefficient (Wildman–Crippen LogP) is 2.97. The summed E-state index contributed by atoms with van der Waals surface area (Å²) in [6.45, 7) is 3.78. The molecule has 1 aromatic carbocycles. The van der Waals surface area contributed by atoms with Gasteiger partial charge in [0.25, 0.3) is 0 Å². The molecule has 2 aromatic heterocycles. The van der Waals surface area contributed by atoms with Gasteiger partial charge < -0.3 is 14.5 Å². The lowest BCUT2D eigenvalue weighted by atomic mass is 10.2. The van der Waals surface area contributed by atoms with E-state index in [0.717, 1.165) is 54.2 Å². The third kappa shape index (κ3) is 2.62. The summed E-state index contributed by atoms with van der Waals surface area (Å²) in [7, 11) is 1.72. The van der Waals surface area contributed by atoms with Gasteiger partial charge in [0, 0.05) is 44.0 Å². The zero-order valence-electron chi connectivity index (χ0n) is 13.7. The van der Waals surface area contributed by atoms with Crippen LogP contribution >= 0.6 is 0 Å². The second-order valence-electron chi connectivity index (χ2n) is 5.88. The van der Waals surface area contributed by atoms with E-state index in [1.54, 1.807) is 7.11 Å². The Bertz CT molecular complexity index is 838. The molecular weight excluding hydrogens is 300 g/mol. The highest BCUT2D eigenvalue weighted by molar-refractivity contribution is 5.89. The molecule has 1 saturated heterocycles. The minimum absolute atomic E-state index is 0.930. The van der Waals surface area contributed by atoms with Crippen LogP contribution < -0.4 is 14.5 Å². The van der Waals surface area contributed by atoms with E-state index in [1.807, 2.05) is 36.8 Å². The van der Waals surface area contributed by atoms with Crippen molar-refractivity contribution in [3.8, 4) is 5.75 Å². The van der Waals surface area contributed by atoms with Gasteiger partial charge in [-0.1, -0.05) is 12.1 Å². The summed E-state index contributed by atoms with van der Waals surface area (Å²) in [6, 6.07) is 12.2. The van der Waals surface area contributed by atoms with Crippen molar-refractivity contribution in [3.05, 3.63) is 55.0 Å². The maximum Gasteiger partial charge on any atom is 0.142 e. The number of ether oxygens (including phenoxy) is 1. The molecule has 1 aliphatic rings. The lowest BCUT2D eigenvalue weighted by molar-refractivity contribution is 0.413. The molecule has 0 saturated carbocycles. The summed E-state index contributed by atoms with van der Waals surface area (Å²) in [5, 5.41) is 1.09. The first-order valence-corrected chi connectivity index (χ1v) is 8.18. The molecule has 3 heterocycles. The Morgan fingerprint density at radius 3 is 2.42 bits per heavy atom. The summed E-state index contributed by atoms with van der Waals surface area (Å²) >= 11 is 0. The molecule has 122 valence electrons. The number of nitrogens with zero attached hydrogens (tertiary/aromatic N) is 4. The molecule has 1 aliphatic heterocycles. The summed E-state index contributed by atoms with van der Waals surface area (Å²) in [4.78, 5) is 13.7. The average Bonchev–Trinajstić information content (AvgIpc) is 2.67. The van der Waals surface area contributed by atoms with E-state index in [-0.39, 0.29) is 0 Å². The van der Waals surface area contributed by atoms with E-state index < -0.39 is 0 Å². The van der Waals surface area contributed by atoms with Crippen molar-refractivity contribution in [2.75, 3.05) is 43.1 Å². The summed E-state index contributed by atoms with van der Waals surface area (Å²) in [5.74, 6) is 0.930. The van der Waals surface area contributed by atoms with Gasteiger partial charge in [0.05, 0.1) is 30.2 Å². The van der Waals surface area contributed by atoms with Crippen molar-refractivity contribution in [1.29, 1.82) is 0 Å². The standard InChI is InChI=1S/C19H20N4O/c1-24-18-7-3-2-6-16(18)22-9-11-23(12-10-22)17-14-20-13-15-5-4-8-21-19(15)17/h2-8,13-14H,9-12H2,1H3. The van der Waals surface area contributed by atoms with Crippen molar-refractivity contribution in [2.45, 2.75) is 0 Å². The number of aromatic nitrogens is 2. The fourth-order valence-corrected chi connectivity index (χ4v) is 3.30. The van der Waals surface area contributed by atoms with E-state index in [2.05, 4.69) is 38.0 Å². The first kappa shape index (κ1) is 14.8. The van der Waals surface area contributed by atoms with E-state index in [4.69, 9.17) is 4.74 Å². The van der Waals surface area contributed by atoms with Gasteiger partial charge in [-0.2, -0.15) is 0 Å². The van der Waals surface area contributed by atoms with Crippen LogP contribution in [-0.4, -0.2) is 43.3 Å². The Labute approximate surface area is 141 Å². The van der Waals surface area contributed by atoms with Crippen LogP contribution in [0.3, 0.4) is 0 Å². The Morgan fingerprint density at radius 1 is 0.875 bits per heavy atom. The van der Waals surface area contributed by atoms with Crippen molar-refractivity contribution in [3.63, 3.8) is 0 Å². The van der Waals surface area contributed by atoms with Crippen LogP contribution in [0.2, 0.25) is 0 Å². The number of para-hydroxylation sites is 2. The maximum absolute atomic E-state index is 5.49. The van der Waals surface area contributed by atoms with Gasteiger partial charge in [-0.25, -0.2) is 0 Å². The lowest BCUT2D eigenvalue weighted by Gasteiger charge is -2.37. The van der Waals surface area contributed by atoms with Crippen LogP contribution in [-0.2, 0) is 0 Å². The van der Waals surface area contributed by atoms with Crippen LogP contribution in [0.1, 0.15) is 0 Å². The minimum Gasteiger partial charge on any atom is -0.495 e. The van der Waals surface area contributed by atoms with Gasteiger partial charge in [-0.3, -0.25) is 9.97 Å². The van der Waals surface area contributed by atoms with Crippen LogP contribution in [0.15, 0.2) is 55.0 Å². The Balaban J connectivity index is 1.56. The minimum atomic E-state index is 0.930. The second kappa shape index (κ2) is 6.35. The fraction of sp³-hybridized carbons (Fsp3) is 0.263. The first-order chi connectivity index (χ1) is 11.9. The Morgan fingerprint density at radius 2 is 1.62 bits per heavy atom. The highest BCUT2D eigenvalue weighted by atomic mass is 16.5. The second-order valence-corrected chi connectivity index (χ2v) is 5.88. The van der Waals surface area contributed by atoms with E-state index in [0.29, 0.717) is 0 Å². The van der Waals surface area contributed by atoms with Crippen LogP contribution in [0.25, 0.3) is 10.9 Å². The van der Waals surface area contributed by atoms with E-state index in [1.165, 1.54) is 0 Å². The molecule has 0 unspecified atom stereocenters. The average molecular weight is 320 g/mol. The number of hydrogen-bond acceptors (Lipinski definition) is 5. The van der Waals surface area contributed by atoms with Crippen molar-refractivity contribution in [1.82, 2.24) is 9.97 Å². The van der Waals surface area contributed by atoms with Crippen molar-refractivity contribution >= 4 is 22.3 Å². The van der Waals surface area contributed by atoms with Crippen LogP contribution in [0.4, 0.5) is 11.4 Å². The first-order valence-electron chi connectivity index (χ1n) is 8.18. The Hall–Kier alpha value is -2.82. The number of anilines is 2. The SMILES string of the molecule is COc1ccccc1N1CCN(c2cncc3cccnc23)CC1. The normalized spacial score (nSPS) is 14.9. The molecule has 4 rings (SSSR count). The molecule has 0 aliphatic carbocycles. The van der Waals surface area contributed by atoms with Gasteiger partial charge in [0.2, 0.25) is 0 Å². The number of piperazine rings is 1. The largest absolute Gasteiger partial charge is 0.495 e. The topological polar surface area (TPSA) is 41.5 Å². The van der Waals surface area contributed by atoms with E-state index in [9.17, 15) is 0 Å². The van der Waals surface area contributed by atoms with Crippen molar-refractivity contribution < 1.29 is 4.74 Å². The van der Waals surface area contributed by atoms with Gasteiger partial charge >= 0.3 is 0 Å². The summed E-state index contributed by atoms with van der Waals surface area (Å²) < 4.78 is 5.49. The number of benzene rings is 1. The molecule has 0 amide bonds. The third-order valence-electron chi connectivity index (χ3n) is 4.54. The van der Waals surface area contributed by atoms with Crippen LogP contribution in [0, 0.1) is 0 Å². The molecule has 0 bridgehead atoms. The molecule has 1 fully saturated rings. The molecule has 5 nitrogen and oxygen atoms in total. The molecule has 24 heavy (non-hydrogen) atoms. The monoisotopic (exact) mass is 320 g/mol. The number of pyridine rings is 2. The number of methoxy groups -OCH3 is 1. The van der Waals surface area contributed by atoms with Gasteiger partial charge in [-0.05, 0) is 24.3 Å². The summed E-state index contributed by atoms with van der Waals surface area (Å²) in [5.41, 5.74) is 3.31. The quantitative estimate of drug-likeness (QED) is 0.742. The number of rotatable bonds is 3. The zero-order valence-corrected chi connectivity index (χ0v) is 13.7. The van der Waals surface area contributed by atoms with Gasteiger partial charge in [0.15, 0.2) is 0 Å². The van der Waals surface area contributed by atoms with Gasteiger partial charge in [-0.15, -0.1) is 0 Å². The number of hydrogen-bond donors (Lipinski definition) is 0. The molecule has 0 N–H and O–H groups in total. The molecular formula is C19H20N4O. The predicted molar refractivity (Wildman–Crippen MR) is 97.0 cm³/mol. The van der Waals surface area contributed by atoms with Crippen molar-refractivity contribution in [2.24, 2.45) is 0 Å². The summed E-state index contributed by atoms with van der Waals surface area (Å²) in [6.07, 6.45) is 5.64. The molecule has 5 heteroatoms. The molecule has 3 aromatic rings.